The van der Waals surface area contributed by atoms with Gasteiger partial charge in [-0.1, -0.05) is 6.07 Å². The number of piperazine rings is 1. The Morgan fingerprint density at radius 1 is 1.17 bits per heavy atom. The number of hydrogen-bond donors (Lipinski definition) is 1. The monoisotopic (exact) mass is 343 g/mol. The van der Waals surface area contributed by atoms with Crippen molar-refractivity contribution in [3.05, 3.63) is 52.2 Å². The number of thiophene rings is 1. The standard InChI is InChI=1S/C18H21N3O2S/c19-14-15-3-5-16(6-4-15)23-12-11-20-7-9-21(10-8-20)18(22)17-2-1-13-24-17/h1-6,13-14,19H,7-12H2. The lowest BCUT2D eigenvalue weighted by molar-refractivity contribution is 0.0625. The quantitative estimate of drug-likeness (QED) is 0.820. The van der Waals surface area contributed by atoms with E-state index < -0.39 is 0 Å². The van der Waals surface area contributed by atoms with Crippen molar-refractivity contribution < 1.29 is 9.53 Å². The summed E-state index contributed by atoms with van der Waals surface area (Å²) in [6.45, 7) is 4.78. The van der Waals surface area contributed by atoms with Crippen molar-refractivity contribution in [3.8, 4) is 5.75 Å². The lowest BCUT2D eigenvalue weighted by Crippen LogP contribution is -2.49. The summed E-state index contributed by atoms with van der Waals surface area (Å²) in [6.07, 6.45) is 1.32. The van der Waals surface area contributed by atoms with Gasteiger partial charge in [-0.15, -0.1) is 11.3 Å². The van der Waals surface area contributed by atoms with Crippen LogP contribution >= 0.6 is 11.3 Å². The number of nitrogens with zero attached hydrogens (tertiary/aromatic N) is 2. The molecule has 1 N–H and O–H groups in total. The highest BCUT2D eigenvalue weighted by Gasteiger charge is 2.22. The molecule has 3 rings (SSSR count). The van der Waals surface area contributed by atoms with Crippen LogP contribution in [0.15, 0.2) is 41.8 Å². The fraction of sp³-hybridized carbons (Fsp3) is 0.333. The smallest absolute Gasteiger partial charge is 0.264 e. The van der Waals surface area contributed by atoms with E-state index in [1.165, 1.54) is 17.6 Å². The minimum Gasteiger partial charge on any atom is -0.492 e. The van der Waals surface area contributed by atoms with Crippen molar-refractivity contribution in [1.29, 1.82) is 5.41 Å². The van der Waals surface area contributed by atoms with Crippen LogP contribution in [0.1, 0.15) is 15.2 Å². The molecule has 0 unspecified atom stereocenters. The molecule has 2 heterocycles. The van der Waals surface area contributed by atoms with Gasteiger partial charge in [-0.25, -0.2) is 0 Å². The fourth-order valence-corrected chi connectivity index (χ4v) is 3.37. The van der Waals surface area contributed by atoms with Crippen LogP contribution in [0.25, 0.3) is 0 Å². The molecule has 1 saturated heterocycles. The number of nitrogens with one attached hydrogen (secondary N) is 1. The third-order valence-electron chi connectivity index (χ3n) is 4.11. The van der Waals surface area contributed by atoms with Crippen LogP contribution in [0.3, 0.4) is 0 Å². The van der Waals surface area contributed by atoms with Crippen LogP contribution < -0.4 is 4.74 Å². The highest BCUT2D eigenvalue weighted by Crippen LogP contribution is 2.14. The first-order valence-electron chi connectivity index (χ1n) is 8.05. The summed E-state index contributed by atoms with van der Waals surface area (Å²) in [5.41, 5.74) is 0.869. The highest BCUT2D eigenvalue weighted by molar-refractivity contribution is 7.12. The normalized spacial score (nSPS) is 15.2. The second-order valence-corrected chi connectivity index (χ2v) is 6.62. The molecule has 2 aromatic rings. The number of amides is 1. The van der Waals surface area contributed by atoms with Crippen molar-refractivity contribution >= 4 is 23.5 Å². The third kappa shape index (κ3) is 4.21. The minimum absolute atomic E-state index is 0.146. The molecule has 1 aromatic carbocycles. The van der Waals surface area contributed by atoms with Gasteiger partial charge in [-0.2, -0.15) is 0 Å². The Bertz CT molecular complexity index is 662. The van der Waals surface area contributed by atoms with Gasteiger partial charge >= 0.3 is 0 Å². The van der Waals surface area contributed by atoms with Crippen molar-refractivity contribution in [2.24, 2.45) is 0 Å². The Morgan fingerprint density at radius 2 is 1.92 bits per heavy atom. The van der Waals surface area contributed by atoms with E-state index in [1.807, 2.05) is 46.7 Å². The first kappa shape index (κ1) is 16.7. The molecule has 6 heteroatoms. The van der Waals surface area contributed by atoms with Gasteiger partial charge in [0.1, 0.15) is 12.4 Å². The maximum atomic E-state index is 12.3. The first-order valence-corrected chi connectivity index (χ1v) is 8.93. The van der Waals surface area contributed by atoms with Crippen LogP contribution in [-0.2, 0) is 0 Å². The van der Waals surface area contributed by atoms with E-state index in [2.05, 4.69) is 4.90 Å². The molecular formula is C18H21N3O2S. The summed E-state index contributed by atoms with van der Waals surface area (Å²) in [5.74, 6) is 0.972. The summed E-state index contributed by atoms with van der Waals surface area (Å²) in [7, 11) is 0. The molecule has 0 spiro atoms. The Balaban J connectivity index is 1.39. The molecule has 0 bridgehead atoms. The van der Waals surface area contributed by atoms with Gasteiger partial charge in [0.05, 0.1) is 4.88 Å². The van der Waals surface area contributed by atoms with Crippen LogP contribution in [0.5, 0.6) is 5.75 Å². The van der Waals surface area contributed by atoms with Gasteiger partial charge in [-0.05, 0) is 41.3 Å². The lowest BCUT2D eigenvalue weighted by Gasteiger charge is -2.34. The van der Waals surface area contributed by atoms with Crippen LogP contribution in [-0.4, -0.2) is 61.3 Å². The lowest BCUT2D eigenvalue weighted by atomic mass is 10.2. The maximum Gasteiger partial charge on any atom is 0.264 e. The molecule has 0 radical (unpaired) electrons. The summed E-state index contributed by atoms with van der Waals surface area (Å²) >= 11 is 1.50. The number of rotatable bonds is 6. The molecule has 0 aliphatic carbocycles. The predicted octanol–water partition coefficient (Wildman–Crippen LogP) is 2.58. The zero-order chi connectivity index (χ0) is 16.8. The van der Waals surface area contributed by atoms with E-state index in [0.29, 0.717) is 6.61 Å². The predicted molar refractivity (Wildman–Crippen MR) is 96.5 cm³/mol. The van der Waals surface area contributed by atoms with Gasteiger partial charge in [0.25, 0.3) is 5.91 Å². The molecule has 126 valence electrons. The molecule has 1 amide bonds. The molecule has 1 aliphatic heterocycles. The second kappa shape index (κ2) is 8.08. The minimum atomic E-state index is 0.146. The van der Waals surface area contributed by atoms with E-state index in [9.17, 15) is 4.79 Å². The molecule has 0 saturated carbocycles. The number of benzene rings is 1. The first-order chi connectivity index (χ1) is 11.8. The molecule has 1 aliphatic rings. The van der Waals surface area contributed by atoms with Crippen molar-refractivity contribution in [1.82, 2.24) is 9.80 Å². The van der Waals surface area contributed by atoms with Gasteiger partial charge < -0.3 is 15.0 Å². The van der Waals surface area contributed by atoms with Crippen molar-refractivity contribution in [2.45, 2.75) is 0 Å². The largest absolute Gasteiger partial charge is 0.492 e. The van der Waals surface area contributed by atoms with E-state index in [-0.39, 0.29) is 5.91 Å². The zero-order valence-corrected chi connectivity index (χ0v) is 14.3. The number of hydrogen-bond acceptors (Lipinski definition) is 5. The van der Waals surface area contributed by atoms with Gasteiger partial charge in [0, 0.05) is 38.9 Å². The van der Waals surface area contributed by atoms with E-state index >= 15 is 0 Å². The number of ether oxygens (including phenoxy) is 1. The van der Waals surface area contributed by atoms with Crippen LogP contribution in [0, 0.1) is 5.41 Å². The molecule has 1 aromatic heterocycles. The van der Waals surface area contributed by atoms with Gasteiger partial charge in [0.2, 0.25) is 0 Å². The highest BCUT2D eigenvalue weighted by atomic mass is 32.1. The Hall–Kier alpha value is -2.18. The zero-order valence-electron chi connectivity index (χ0n) is 13.5. The number of carbonyl (C=O) groups excluding carboxylic acids is 1. The summed E-state index contributed by atoms with van der Waals surface area (Å²) in [6, 6.07) is 11.3. The molecule has 5 nitrogen and oxygen atoms in total. The average molecular weight is 343 g/mol. The average Bonchev–Trinajstić information content (AvgIpc) is 3.17. The van der Waals surface area contributed by atoms with E-state index in [1.54, 1.807) is 0 Å². The Labute approximate surface area is 146 Å². The summed E-state index contributed by atoms with van der Waals surface area (Å²) in [4.78, 5) is 17.4. The van der Waals surface area contributed by atoms with Crippen molar-refractivity contribution in [2.75, 3.05) is 39.3 Å². The van der Waals surface area contributed by atoms with E-state index in [4.69, 9.17) is 10.1 Å². The Kier molecular flexibility index (Phi) is 5.61. The van der Waals surface area contributed by atoms with Gasteiger partial charge in [0.15, 0.2) is 0 Å². The Morgan fingerprint density at radius 3 is 2.54 bits per heavy atom. The topological polar surface area (TPSA) is 56.6 Å². The maximum absolute atomic E-state index is 12.3. The molecule has 1 fully saturated rings. The van der Waals surface area contributed by atoms with Crippen LogP contribution in [0.2, 0.25) is 0 Å². The third-order valence-corrected chi connectivity index (χ3v) is 4.97. The molecular weight excluding hydrogens is 322 g/mol. The second-order valence-electron chi connectivity index (χ2n) is 5.67. The molecule has 24 heavy (non-hydrogen) atoms. The fourth-order valence-electron chi connectivity index (χ4n) is 2.68. The van der Waals surface area contributed by atoms with E-state index in [0.717, 1.165) is 48.9 Å². The van der Waals surface area contributed by atoms with Crippen molar-refractivity contribution in [3.63, 3.8) is 0 Å². The molecule has 0 atom stereocenters. The SMILES string of the molecule is N=Cc1ccc(OCCN2CCN(C(=O)c3cccs3)CC2)cc1. The van der Waals surface area contributed by atoms with Crippen LogP contribution in [0.4, 0.5) is 0 Å². The summed E-state index contributed by atoms with van der Waals surface area (Å²) in [5, 5.41) is 9.12. The summed E-state index contributed by atoms with van der Waals surface area (Å²) < 4.78 is 5.75. The van der Waals surface area contributed by atoms with Gasteiger partial charge in [-0.3, -0.25) is 9.69 Å². The number of carbonyl (C=O) groups is 1.